The lowest BCUT2D eigenvalue weighted by atomic mass is 9.86. The molecule has 0 radical (unpaired) electrons. The van der Waals surface area contributed by atoms with Gasteiger partial charge < -0.3 is 0 Å². The normalized spacial score (nSPS) is 19.7. The molecule has 1 atom stereocenters. The second-order valence-corrected chi connectivity index (χ2v) is 6.33. The highest BCUT2D eigenvalue weighted by atomic mass is 35.5. The van der Waals surface area contributed by atoms with Crippen LogP contribution in [0.4, 0.5) is 0 Å². The van der Waals surface area contributed by atoms with Gasteiger partial charge in [-0.2, -0.15) is 0 Å². The van der Waals surface area contributed by atoms with Crippen molar-refractivity contribution in [2.45, 2.75) is 31.6 Å². The van der Waals surface area contributed by atoms with Crippen molar-refractivity contribution in [3.8, 4) is 0 Å². The van der Waals surface area contributed by atoms with Gasteiger partial charge in [0.25, 0.3) is 0 Å². The van der Waals surface area contributed by atoms with E-state index in [4.69, 9.17) is 11.6 Å². The molecule has 0 heterocycles. The lowest BCUT2D eigenvalue weighted by Crippen LogP contribution is -2.26. The van der Waals surface area contributed by atoms with E-state index in [2.05, 4.69) is 49.4 Å². The van der Waals surface area contributed by atoms with Crippen LogP contribution in [0.3, 0.4) is 0 Å². The smallest absolute Gasteiger partial charge is 0.0554 e. The van der Waals surface area contributed by atoms with Crippen LogP contribution in [-0.4, -0.2) is 5.38 Å². The molecule has 2 aromatic rings. The highest BCUT2D eigenvalue weighted by Gasteiger charge is 2.18. The molecule has 0 aromatic heterocycles. The zero-order valence-corrected chi connectivity index (χ0v) is 12.4. The van der Waals surface area contributed by atoms with Gasteiger partial charge in [-0.05, 0) is 63.8 Å². The first-order chi connectivity index (χ1) is 9.75. The lowest BCUT2D eigenvalue weighted by Gasteiger charge is -2.22. The minimum absolute atomic E-state index is 0.209. The van der Waals surface area contributed by atoms with E-state index in [0.29, 0.717) is 0 Å². The summed E-state index contributed by atoms with van der Waals surface area (Å²) in [6, 6.07) is 13.3. The molecular formula is C19H17Cl. The predicted molar refractivity (Wildman–Crippen MR) is 85.0 cm³/mol. The van der Waals surface area contributed by atoms with Crippen molar-refractivity contribution in [2.24, 2.45) is 0 Å². The molecule has 0 saturated heterocycles. The Balaban J connectivity index is 2.21. The Labute approximate surface area is 123 Å². The van der Waals surface area contributed by atoms with Crippen LogP contribution in [-0.2, 0) is 12.8 Å². The van der Waals surface area contributed by atoms with Gasteiger partial charge in [0.2, 0.25) is 0 Å². The highest BCUT2D eigenvalue weighted by Crippen LogP contribution is 2.24. The van der Waals surface area contributed by atoms with Crippen molar-refractivity contribution in [3.63, 3.8) is 0 Å². The number of hydrogen-bond acceptors (Lipinski definition) is 0. The third-order valence-electron chi connectivity index (χ3n) is 4.75. The third kappa shape index (κ3) is 1.68. The standard InChI is InChI=1S/C19H17Cl/c1-12-14-8-9-17-15-5-3-2-4-13(15)6-7-18(17)16(14)10-11-19(12)20/h2-6,8-9,19H,7,10-11H2,1H3/t19-/m1/s1. The topological polar surface area (TPSA) is 0 Å². The van der Waals surface area contributed by atoms with E-state index >= 15 is 0 Å². The SMILES string of the molecule is CC1=c2ccc3c(c2CC[C@H]1Cl)CC=c1ccccc1=3. The van der Waals surface area contributed by atoms with Crippen molar-refractivity contribution < 1.29 is 0 Å². The van der Waals surface area contributed by atoms with Crippen LogP contribution < -0.4 is 10.4 Å². The van der Waals surface area contributed by atoms with E-state index in [1.54, 1.807) is 0 Å². The maximum Gasteiger partial charge on any atom is 0.0554 e. The monoisotopic (exact) mass is 280 g/mol. The Bertz CT molecular complexity index is 906. The molecule has 0 aliphatic heterocycles. The second-order valence-electron chi connectivity index (χ2n) is 5.80. The number of rotatable bonds is 0. The van der Waals surface area contributed by atoms with Crippen molar-refractivity contribution >= 4 is 23.3 Å². The van der Waals surface area contributed by atoms with Gasteiger partial charge in [-0.15, -0.1) is 11.6 Å². The van der Waals surface area contributed by atoms with Crippen LogP contribution >= 0.6 is 11.6 Å². The molecule has 0 bridgehead atoms. The molecule has 100 valence electrons. The lowest BCUT2D eigenvalue weighted by molar-refractivity contribution is 0.811. The average molecular weight is 281 g/mol. The molecule has 4 rings (SSSR count). The van der Waals surface area contributed by atoms with Gasteiger partial charge in [0.05, 0.1) is 5.38 Å². The zero-order valence-electron chi connectivity index (χ0n) is 11.6. The Morgan fingerprint density at radius 2 is 1.75 bits per heavy atom. The second kappa shape index (κ2) is 4.49. The van der Waals surface area contributed by atoms with Gasteiger partial charge in [-0.3, -0.25) is 0 Å². The molecule has 0 spiro atoms. The highest BCUT2D eigenvalue weighted by molar-refractivity contribution is 6.25. The van der Waals surface area contributed by atoms with Crippen LogP contribution in [0, 0.1) is 10.4 Å². The summed E-state index contributed by atoms with van der Waals surface area (Å²) in [4.78, 5) is 0. The summed E-state index contributed by atoms with van der Waals surface area (Å²) in [5.41, 5.74) is 4.39. The number of alkyl halides is 1. The molecule has 0 amide bonds. The molecule has 2 aliphatic rings. The molecule has 0 unspecified atom stereocenters. The first-order valence-corrected chi connectivity index (χ1v) is 7.74. The first kappa shape index (κ1) is 12.2. The van der Waals surface area contributed by atoms with Crippen LogP contribution in [0.5, 0.6) is 0 Å². The quantitative estimate of drug-likeness (QED) is 0.651. The minimum Gasteiger partial charge on any atom is -0.118 e. The van der Waals surface area contributed by atoms with Crippen LogP contribution in [0.15, 0.2) is 36.4 Å². The summed E-state index contributed by atoms with van der Waals surface area (Å²) in [6.45, 7) is 2.18. The van der Waals surface area contributed by atoms with E-state index in [1.165, 1.54) is 37.6 Å². The summed E-state index contributed by atoms with van der Waals surface area (Å²) in [5.74, 6) is 0. The van der Waals surface area contributed by atoms with Crippen molar-refractivity contribution in [2.75, 3.05) is 0 Å². The summed E-state index contributed by atoms with van der Waals surface area (Å²) < 4.78 is 0. The predicted octanol–water partition coefficient (Wildman–Crippen LogP) is 3.03. The molecule has 0 nitrogen and oxygen atoms in total. The largest absolute Gasteiger partial charge is 0.118 e. The van der Waals surface area contributed by atoms with E-state index in [9.17, 15) is 0 Å². The first-order valence-electron chi connectivity index (χ1n) is 7.31. The van der Waals surface area contributed by atoms with E-state index < -0.39 is 0 Å². The van der Waals surface area contributed by atoms with Crippen molar-refractivity contribution in [3.05, 3.63) is 68.4 Å². The molecule has 0 fully saturated rings. The number of halogens is 1. The maximum atomic E-state index is 6.41. The molecular weight excluding hydrogens is 264 g/mol. The Hall–Kier alpha value is -1.53. The zero-order chi connectivity index (χ0) is 13.7. The summed E-state index contributed by atoms with van der Waals surface area (Å²) in [7, 11) is 0. The fourth-order valence-corrected chi connectivity index (χ4v) is 3.85. The molecule has 20 heavy (non-hydrogen) atoms. The van der Waals surface area contributed by atoms with Gasteiger partial charge in [-0.1, -0.05) is 42.5 Å². The van der Waals surface area contributed by atoms with E-state index in [1.807, 2.05) is 0 Å². The Morgan fingerprint density at radius 1 is 0.950 bits per heavy atom. The van der Waals surface area contributed by atoms with Gasteiger partial charge in [0, 0.05) is 0 Å². The van der Waals surface area contributed by atoms with Gasteiger partial charge in [-0.25, -0.2) is 0 Å². The van der Waals surface area contributed by atoms with Crippen molar-refractivity contribution in [1.29, 1.82) is 0 Å². The van der Waals surface area contributed by atoms with Crippen LogP contribution in [0.25, 0.3) is 11.6 Å². The average Bonchev–Trinajstić information content (AvgIpc) is 2.50. The van der Waals surface area contributed by atoms with Crippen LogP contribution in [0.2, 0.25) is 0 Å². The van der Waals surface area contributed by atoms with Gasteiger partial charge in [0.1, 0.15) is 0 Å². The Morgan fingerprint density at radius 3 is 2.65 bits per heavy atom. The molecule has 0 N–H and O–H groups in total. The third-order valence-corrected chi connectivity index (χ3v) is 5.30. The van der Waals surface area contributed by atoms with Crippen LogP contribution in [0.1, 0.15) is 24.5 Å². The fraction of sp³-hybridized carbons (Fsp3) is 0.263. The Kier molecular flexibility index (Phi) is 2.75. The summed E-state index contributed by atoms with van der Waals surface area (Å²) in [6.07, 6.45) is 5.59. The fourth-order valence-electron chi connectivity index (χ4n) is 3.62. The molecule has 0 saturated carbocycles. The molecule has 2 aromatic carbocycles. The van der Waals surface area contributed by atoms with Gasteiger partial charge in [0.15, 0.2) is 0 Å². The summed E-state index contributed by atoms with van der Waals surface area (Å²) >= 11 is 6.41. The van der Waals surface area contributed by atoms with E-state index in [-0.39, 0.29) is 5.38 Å². The van der Waals surface area contributed by atoms with E-state index in [0.717, 1.165) is 19.3 Å². The van der Waals surface area contributed by atoms with Gasteiger partial charge >= 0.3 is 0 Å². The maximum absolute atomic E-state index is 6.41. The molecule has 2 aliphatic carbocycles. The van der Waals surface area contributed by atoms with Crippen molar-refractivity contribution in [1.82, 2.24) is 0 Å². The number of hydrogen-bond donors (Lipinski definition) is 0. The number of fused-ring (bicyclic) bond motifs is 4. The minimum atomic E-state index is 0.209. The summed E-state index contributed by atoms with van der Waals surface area (Å²) in [5, 5.41) is 5.76. The molecule has 1 heteroatoms. The number of benzene rings is 2.